The largest absolute Gasteiger partial charge is 0.504 e. The number of benzene rings is 1. The molecule has 0 fully saturated rings. The van der Waals surface area contributed by atoms with E-state index < -0.39 is 17.5 Å². The summed E-state index contributed by atoms with van der Waals surface area (Å²) in [5, 5.41) is 19.2. The van der Waals surface area contributed by atoms with E-state index in [1.807, 2.05) is 0 Å². The molecule has 0 unspecified atom stereocenters. The topological polar surface area (TPSA) is 104 Å². The van der Waals surface area contributed by atoms with E-state index in [1.54, 1.807) is 0 Å². The van der Waals surface area contributed by atoms with Crippen molar-refractivity contribution in [3.63, 3.8) is 0 Å². The number of hydrogen-bond donors (Lipinski definition) is 2. The molecular formula is C13H18O8. The van der Waals surface area contributed by atoms with Crippen LogP contribution in [0, 0.1) is 0 Å². The zero-order valence-corrected chi connectivity index (χ0v) is 11.8. The first kappa shape index (κ1) is 17.0. The minimum absolute atomic E-state index is 0.0351. The van der Waals surface area contributed by atoms with Crippen molar-refractivity contribution in [2.75, 3.05) is 40.6 Å². The van der Waals surface area contributed by atoms with Gasteiger partial charge >= 0.3 is 5.97 Å². The highest BCUT2D eigenvalue weighted by atomic mass is 17.2. The van der Waals surface area contributed by atoms with Crippen molar-refractivity contribution >= 4 is 5.97 Å². The van der Waals surface area contributed by atoms with Crippen molar-refractivity contribution < 1.29 is 39.0 Å². The first-order valence-corrected chi connectivity index (χ1v) is 6.10. The van der Waals surface area contributed by atoms with Gasteiger partial charge in [-0.05, 0) is 12.1 Å². The summed E-state index contributed by atoms with van der Waals surface area (Å²) in [6.45, 7) is 0.942. The number of carbonyl (C=O) groups is 1. The van der Waals surface area contributed by atoms with E-state index in [9.17, 15) is 15.0 Å². The Labute approximate surface area is 121 Å². The minimum Gasteiger partial charge on any atom is -0.504 e. The van der Waals surface area contributed by atoms with Gasteiger partial charge in [-0.2, -0.15) is 0 Å². The molecule has 0 aliphatic heterocycles. The Balaban J connectivity index is 2.50. The first-order valence-electron chi connectivity index (χ1n) is 6.10. The Kier molecular flexibility index (Phi) is 7.30. The molecule has 0 saturated heterocycles. The number of phenols is 2. The second-order valence-corrected chi connectivity index (χ2v) is 3.78. The first-order chi connectivity index (χ1) is 10.1. The lowest BCUT2D eigenvalue weighted by molar-refractivity contribution is -0.277. The molecule has 1 aromatic carbocycles. The Morgan fingerprint density at radius 2 is 1.81 bits per heavy atom. The summed E-state index contributed by atoms with van der Waals surface area (Å²) < 4.78 is 14.9. The van der Waals surface area contributed by atoms with Crippen LogP contribution < -0.4 is 4.74 Å². The molecule has 0 bridgehead atoms. The number of carbonyl (C=O) groups excluding carboxylic acids is 1. The monoisotopic (exact) mass is 302 g/mol. The third kappa shape index (κ3) is 5.46. The number of esters is 1. The quantitative estimate of drug-likeness (QED) is 0.227. The Morgan fingerprint density at radius 3 is 2.48 bits per heavy atom. The van der Waals surface area contributed by atoms with Gasteiger partial charge in [-0.15, -0.1) is 0 Å². The summed E-state index contributed by atoms with van der Waals surface area (Å²) in [5.41, 5.74) is 0.0669. The fraction of sp³-hybridized carbons (Fsp3) is 0.462. The normalized spacial score (nSPS) is 10.4. The Hall–Kier alpha value is -2.03. The highest BCUT2D eigenvalue weighted by Gasteiger charge is 2.15. The van der Waals surface area contributed by atoms with Crippen molar-refractivity contribution in [3.05, 3.63) is 17.7 Å². The SMILES string of the molecule is COOCCOCCOc1cc(C(=O)OC)cc(O)c1O. The molecule has 1 rings (SSSR count). The number of rotatable bonds is 9. The lowest BCUT2D eigenvalue weighted by Gasteiger charge is -2.11. The van der Waals surface area contributed by atoms with Crippen LogP contribution in [0.3, 0.4) is 0 Å². The second-order valence-electron chi connectivity index (χ2n) is 3.78. The second kappa shape index (κ2) is 9.01. The number of ether oxygens (including phenoxy) is 3. The Morgan fingerprint density at radius 1 is 1.10 bits per heavy atom. The third-order valence-corrected chi connectivity index (χ3v) is 2.39. The lowest BCUT2D eigenvalue weighted by atomic mass is 10.2. The molecule has 0 amide bonds. The van der Waals surface area contributed by atoms with Crippen LogP contribution in [-0.2, 0) is 19.2 Å². The fourth-order valence-corrected chi connectivity index (χ4v) is 1.43. The highest BCUT2D eigenvalue weighted by Crippen LogP contribution is 2.36. The van der Waals surface area contributed by atoms with E-state index in [0.717, 1.165) is 6.07 Å². The molecule has 0 aliphatic carbocycles. The Bertz CT molecular complexity index is 460. The average Bonchev–Trinajstić information content (AvgIpc) is 2.49. The van der Waals surface area contributed by atoms with Crippen LogP contribution in [0.2, 0.25) is 0 Å². The summed E-state index contributed by atoms with van der Waals surface area (Å²) in [4.78, 5) is 20.4. The third-order valence-electron chi connectivity index (χ3n) is 2.39. The molecule has 8 heteroatoms. The van der Waals surface area contributed by atoms with Crippen LogP contribution in [0.5, 0.6) is 17.2 Å². The van der Waals surface area contributed by atoms with Gasteiger partial charge in [0.1, 0.15) is 13.2 Å². The minimum atomic E-state index is -0.650. The maximum atomic E-state index is 11.4. The maximum Gasteiger partial charge on any atom is 0.338 e. The van der Waals surface area contributed by atoms with Gasteiger partial charge in [0, 0.05) is 0 Å². The van der Waals surface area contributed by atoms with Crippen molar-refractivity contribution in [3.8, 4) is 17.2 Å². The van der Waals surface area contributed by atoms with Crippen LogP contribution in [0.15, 0.2) is 12.1 Å². The number of phenolic OH excluding ortho intramolecular Hbond substituents is 2. The van der Waals surface area contributed by atoms with Crippen LogP contribution in [0.4, 0.5) is 0 Å². The fourth-order valence-electron chi connectivity index (χ4n) is 1.43. The molecule has 1 aromatic rings. The van der Waals surface area contributed by atoms with E-state index in [0.29, 0.717) is 6.61 Å². The van der Waals surface area contributed by atoms with Gasteiger partial charge in [-0.25, -0.2) is 14.6 Å². The molecule has 0 heterocycles. The van der Waals surface area contributed by atoms with Crippen molar-refractivity contribution in [1.29, 1.82) is 0 Å². The molecule has 21 heavy (non-hydrogen) atoms. The summed E-state index contributed by atoms with van der Waals surface area (Å²) in [7, 11) is 2.61. The van der Waals surface area contributed by atoms with E-state index in [4.69, 9.17) is 9.47 Å². The van der Waals surface area contributed by atoms with Gasteiger partial charge in [0.25, 0.3) is 0 Å². The summed E-state index contributed by atoms with van der Waals surface area (Å²) in [6.07, 6.45) is 0. The van der Waals surface area contributed by atoms with Gasteiger partial charge < -0.3 is 24.4 Å². The maximum absolute atomic E-state index is 11.4. The van der Waals surface area contributed by atoms with Gasteiger partial charge in [0.05, 0.1) is 33.0 Å². The van der Waals surface area contributed by atoms with Crippen LogP contribution in [0.1, 0.15) is 10.4 Å². The highest BCUT2D eigenvalue weighted by molar-refractivity contribution is 5.91. The smallest absolute Gasteiger partial charge is 0.338 e. The van der Waals surface area contributed by atoms with Crippen LogP contribution >= 0.6 is 0 Å². The number of methoxy groups -OCH3 is 1. The van der Waals surface area contributed by atoms with Gasteiger partial charge in [-0.3, -0.25) is 0 Å². The van der Waals surface area contributed by atoms with E-state index in [-0.39, 0.29) is 31.1 Å². The zero-order chi connectivity index (χ0) is 15.7. The summed E-state index contributed by atoms with van der Waals surface area (Å²) in [5.74, 6) is -1.61. The molecule has 8 nitrogen and oxygen atoms in total. The zero-order valence-electron chi connectivity index (χ0n) is 11.8. The predicted molar refractivity (Wildman–Crippen MR) is 70.4 cm³/mol. The van der Waals surface area contributed by atoms with Crippen LogP contribution in [0.25, 0.3) is 0 Å². The van der Waals surface area contributed by atoms with Crippen molar-refractivity contribution in [1.82, 2.24) is 0 Å². The molecule has 0 spiro atoms. The molecule has 0 radical (unpaired) electrons. The summed E-state index contributed by atoms with van der Waals surface area (Å²) >= 11 is 0. The van der Waals surface area contributed by atoms with E-state index in [2.05, 4.69) is 14.5 Å². The number of aromatic hydroxyl groups is 2. The molecule has 0 aromatic heterocycles. The predicted octanol–water partition coefficient (Wildman–Crippen LogP) is 0.858. The van der Waals surface area contributed by atoms with Gasteiger partial charge in [-0.1, -0.05) is 0 Å². The average molecular weight is 302 g/mol. The van der Waals surface area contributed by atoms with Crippen molar-refractivity contribution in [2.24, 2.45) is 0 Å². The van der Waals surface area contributed by atoms with E-state index >= 15 is 0 Å². The lowest BCUT2D eigenvalue weighted by Crippen LogP contribution is -2.11. The van der Waals surface area contributed by atoms with E-state index in [1.165, 1.54) is 20.3 Å². The molecule has 0 atom stereocenters. The molecule has 0 aliphatic rings. The standard InChI is InChI=1S/C13H18O8/c1-17-13(16)9-7-10(14)12(15)11(8-9)20-5-3-19-4-6-21-18-2/h7-8,14-15H,3-6H2,1-2H3. The molecule has 2 N–H and O–H groups in total. The van der Waals surface area contributed by atoms with Crippen molar-refractivity contribution in [2.45, 2.75) is 0 Å². The molecule has 118 valence electrons. The molecule has 0 saturated carbocycles. The molecular weight excluding hydrogens is 284 g/mol. The van der Waals surface area contributed by atoms with Crippen LogP contribution in [-0.4, -0.2) is 56.8 Å². The summed E-state index contributed by atoms with van der Waals surface area (Å²) in [6, 6.07) is 2.36. The van der Waals surface area contributed by atoms with Gasteiger partial charge in [0.2, 0.25) is 5.75 Å². The number of hydrogen-bond acceptors (Lipinski definition) is 8. The van der Waals surface area contributed by atoms with Gasteiger partial charge in [0.15, 0.2) is 11.5 Å².